The Bertz CT molecular complexity index is 1720. The Labute approximate surface area is 176 Å². The topological polar surface area (TPSA) is 74.8 Å². The van der Waals surface area contributed by atoms with Gasteiger partial charge in [0.05, 0.1) is 33.2 Å². The molecule has 0 aliphatic carbocycles. The van der Waals surface area contributed by atoms with E-state index in [1.54, 1.807) is 4.40 Å². The molecular formula is C26H18N2O3. The molecule has 3 aromatic heterocycles. The minimum absolute atomic E-state index is 0.0738. The molecule has 0 amide bonds. The number of fused-ring (bicyclic) bond motifs is 4. The van der Waals surface area contributed by atoms with Gasteiger partial charge in [0.2, 0.25) is 0 Å². The van der Waals surface area contributed by atoms with Crippen LogP contribution in [0.3, 0.4) is 0 Å². The van der Waals surface area contributed by atoms with Crippen LogP contribution in [0.25, 0.3) is 49.4 Å². The molecule has 150 valence electrons. The summed E-state index contributed by atoms with van der Waals surface area (Å²) in [5.74, 6) is -0.233. The number of para-hydroxylation sites is 2. The Morgan fingerprint density at radius 1 is 0.903 bits per heavy atom. The van der Waals surface area contributed by atoms with E-state index < -0.39 is 0 Å². The normalized spacial score (nSPS) is 11.9. The van der Waals surface area contributed by atoms with E-state index in [0.717, 1.165) is 27.2 Å². The Morgan fingerprint density at radius 3 is 2.52 bits per heavy atom. The van der Waals surface area contributed by atoms with Gasteiger partial charge in [-0.25, -0.2) is 4.98 Å². The lowest BCUT2D eigenvalue weighted by Gasteiger charge is -2.13. The van der Waals surface area contributed by atoms with Gasteiger partial charge >= 0.3 is 0 Å². The zero-order chi connectivity index (χ0) is 21.3. The first-order valence-electron chi connectivity index (χ1n) is 10.2. The maximum Gasteiger partial charge on any atom is 0.262 e. The molecule has 3 heterocycles. The lowest BCUT2D eigenvalue weighted by Crippen LogP contribution is -2.17. The molecule has 0 bridgehead atoms. The van der Waals surface area contributed by atoms with Gasteiger partial charge in [-0.05, 0) is 30.7 Å². The number of nitrogens with zero attached hydrogens (tertiary/aromatic N) is 2. The third kappa shape index (κ3) is 2.26. The van der Waals surface area contributed by atoms with E-state index in [1.165, 1.54) is 0 Å². The van der Waals surface area contributed by atoms with Crippen LogP contribution < -0.4 is 5.56 Å². The van der Waals surface area contributed by atoms with E-state index in [4.69, 9.17) is 4.98 Å². The molecule has 0 atom stereocenters. The highest BCUT2D eigenvalue weighted by Crippen LogP contribution is 2.45. The van der Waals surface area contributed by atoms with Crippen LogP contribution in [0.2, 0.25) is 0 Å². The molecule has 0 fully saturated rings. The molecule has 0 unspecified atom stereocenters. The molecule has 2 N–H and O–H groups in total. The smallest absolute Gasteiger partial charge is 0.262 e. The lowest BCUT2D eigenvalue weighted by molar-refractivity contribution is 0.459. The number of phenolic OH excluding ortho intramolecular Hbond substituents is 1. The summed E-state index contributed by atoms with van der Waals surface area (Å²) in [6, 6.07) is 21.1. The number of benzene rings is 3. The fourth-order valence-electron chi connectivity index (χ4n) is 4.67. The molecule has 3 aromatic carbocycles. The van der Waals surface area contributed by atoms with Gasteiger partial charge in [-0.2, -0.15) is 0 Å². The Balaban J connectivity index is 1.84. The fourth-order valence-corrected chi connectivity index (χ4v) is 4.67. The monoisotopic (exact) mass is 406 g/mol. The minimum Gasteiger partial charge on any atom is -0.507 e. The maximum absolute atomic E-state index is 13.2. The number of hydrogen-bond donors (Lipinski definition) is 2. The first-order chi connectivity index (χ1) is 15.1. The highest BCUT2D eigenvalue weighted by Gasteiger charge is 2.25. The predicted octanol–water partition coefficient (Wildman–Crippen LogP) is 5.23. The van der Waals surface area contributed by atoms with Crippen LogP contribution >= 0.6 is 0 Å². The molecular weight excluding hydrogens is 388 g/mol. The van der Waals surface area contributed by atoms with Crippen molar-refractivity contribution in [2.75, 3.05) is 0 Å². The summed E-state index contributed by atoms with van der Waals surface area (Å²) in [6.07, 6.45) is 0.357. The summed E-state index contributed by atoms with van der Waals surface area (Å²) in [4.78, 5) is 17.9. The zero-order valence-electron chi connectivity index (χ0n) is 16.8. The number of phenols is 1. The van der Waals surface area contributed by atoms with Crippen molar-refractivity contribution >= 4 is 38.1 Å². The van der Waals surface area contributed by atoms with Gasteiger partial charge in [0, 0.05) is 21.7 Å². The summed E-state index contributed by atoms with van der Waals surface area (Å²) in [5.41, 5.74) is 3.26. The van der Waals surface area contributed by atoms with Crippen molar-refractivity contribution in [3.05, 3.63) is 82.6 Å². The number of pyridine rings is 2. The van der Waals surface area contributed by atoms with Crippen LogP contribution in [0.5, 0.6) is 11.5 Å². The summed E-state index contributed by atoms with van der Waals surface area (Å²) in [6.45, 7) is 1.82. The lowest BCUT2D eigenvalue weighted by atomic mass is 9.99. The fraction of sp³-hybridized carbons (Fsp3) is 0.0769. The first-order valence-corrected chi connectivity index (χ1v) is 10.2. The van der Waals surface area contributed by atoms with Gasteiger partial charge < -0.3 is 10.2 Å². The Morgan fingerprint density at radius 2 is 1.68 bits per heavy atom. The average molecular weight is 406 g/mol. The van der Waals surface area contributed by atoms with Crippen LogP contribution in [0.15, 0.2) is 71.5 Å². The van der Waals surface area contributed by atoms with Crippen molar-refractivity contribution in [1.29, 1.82) is 0 Å². The van der Waals surface area contributed by atoms with Crippen LogP contribution in [-0.4, -0.2) is 19.6 Å². The second-order valence-corrected chi connectivity index (χ2v) is 7.77. The molecule has 5 nitrogen and oxygen atoms in total. The van der Waals surface area contributed by atoms with E-state index in [2.05, 4.69) is 0 Å². The number of aromatic nitrogens is 2. The van der Waals surface area contributed by atoms with Gasteiger partial charge in [0.1, 0.15) is 11.5 Å². The summed E-state index contributed by atoms with van der Waals surface area (Å²) in [5, 5.41) is 25.3. The minimum atomic E-state index is -0.255. The second-order valence-electron chi connectivity index (χ2n) is 7.77. The zero-order valence-corrected chi connectivity index (χ0v) is 16.8. The van der Waals surface area contributed by atoms with Crippen molar-refractivity contribution in [3.63, 3.8) is 0 Å². The van der Waals surface area contributed by atoms with Crippen LogP contribution in [0.4, 0.5) is 0 Å². The Kier molecular flexibility index (Phi) is 3.54. The predicted molar refractivity (Wildman–Crippen MR) is 123 cm³/mol. The summed E-state index contributed by atoms with van der Waals surface area (Å²) < 4.78 is 1.61. The highest BCUT2D eigenvalue weighted by molar-refractivity contribution is 6.19. The van der Waals surface area contributed by atoms with E-state index in [-0.39, 0.29) is 28.0 Å². The number of rotatable bonds is 2. The number of hydrogen-bond acceptors (Lipinski definition) is 4. The molecule has 0 aliphatic rings. The van der Waals surface area contributed by atoms with E-state index >= 15 is 0 Å². The van der Waals surface area contributed by atoms with Crippen molar-refractivity contribution in [3.8, 4) is 22.8 Å². The van der Waals surface area contributed by atoms with Gasteiger partial charge in [0.25, 0.3) is 5.56 Å². The molecule has 0 aliphatic heterocycles. The average Bonchev–Trinajstić information content (AvgIpc) is 3.12. The molecule has 0 radical (unpaired) electrons. The third-order valence-corrected chi connectivity index (χ3v) is 6.14. The van der Waals surface area contributed by atoms with Crippen LogP contribution in [0.1, 0.15) is 12.5 Å². The summed E-state index contributed by atoms with van der Waals surface area (Å²) in [7, 11) is 0. The van der Waals surface area contributed by atoms with Gasteiger partial charge in [-0.15, -0.1) is 0 Å². The van der Waals surface area contributed by atoms with Gasteiger partial charge in [-0.1, -0.05) is 49.4 Å². The van der Waals surface area contributed by atoms with E-state index in [1.807, 2.05) is 73.7 Å². The first kappa shape index (κ1) is 17.7. The van der Waals surface area contributed by atoms with Crippen molar-refractivity contribution in [2.24, 2.45) is 0 Å². The molecule has 6 rings (SSSR count). The molecule has 0 saturated heterocycles. The van der Waals surface area contributed by atoms with Crippen molar-refractivity contribution in [2.45, 2.75) is 13.3 Å². The third-order valence-electron chi connectivity index (χ3n) is 6.14. The van der Waals surface area contributed by atoms with E-state index in [0.29, 0.717) is 23.2 Å². The number of aromatic hydroxyl groups is 2. The molecule has 0 saturated carbocycles. The SMILES string of the molecule is CCc1c(O)c2c(O)c(-c3ccc4ccccc4n3)cc3c4ccccc4n(c1=O)c23. The quantitative estimate of drug-likeness (QED) is 0.413. The molecule has 0 spiro atoms. The largest absolute Gasteiger partial charge is 0.507 e. The molecule has 31 heavy (non-hydrogen) atoms. The second kappa shape index (κ2) is 6.19. The highest BCUT2D eigenvalue weighted by atomic mass is 16.3. The van der Waals surface area contributed by atoms with Crippen LogP contribution in [0, 0.1) is 0 Å². The van der Waals surface area contributed by atoms with Gasteiger partial charge in [0.15, 0.2) is 0 Å². The van der Waals surface area contributed by atoms with Crippen molar-refractivity contribution in [1.82, 2.24) is 9.38 Å². The van der Waals surface area contributed by atoms with Crippen LogP contribution in [-0.2, 0) is 6.42 Å². The standard InChI is InChI=1S/C26H18N2O3/c1-2-15-24(29)22-23-17(16-8-4-6-10-21(16)28(23)26(15)31)13-18(25(22)30)20-12-11-14-7-3-5-9-19(14)27-20/h3-13,29-30H,2H2,1H3. The molecule has 6 aromatic rings. The maximum atomic E-state index is 13.2. The van der Waals surface area contributed by atoms with Gasteiger partial charge in [-0.3, -0.25) is 9.20 Å². The van der Waals surface area contributed by atoms with Crippen molar-refractivity contribution < 1.29 is 10.2 Å². The van der Waals surface area contributed by atoms with E-state index in [9.17, 15) is 15.0 Å². The Hall–Kier alpha value is -4.12. The molecule has 5 heteroatoms. The summed E-state index contributed by atoms with van der Waals surface area (Å²) >= 11 is 0.